The molecular weight excluding hydrogens is 1010 g/mol. The molecule has 426 valence electrons. The molecular formula is C42H74O30Si. The molecule has 0 aromatic carbocycles. The van der Waals surface area contributed by atoms with Crippen LogP contribution in [-0.2, 0) is 61.3 Å². The first-order chi connectivity index (χ1) is 34.4. The molecule has 16 saturated heterocycles. The van der Waals surface area contributed by atoms with Gasteiger partial charge < -0.3 is 148 Å². The lowest BCUT2D eigenvalue weighted by molar-refractivity contribution is -0.403. The molecule has 16 aliphatic rings. The highest BCUT2D eigenvalue weighted by atomic mass is 28.4. The van der Waals surface area contributed by atoms with Crippen LogP contribution in [0.1, 0.15) is 20.8 Å². The highest BCUT2D eigenvalue weighted by molar-refractivity contribution is 6.74. The van der Waals surface area contributed by atoms with E-state index >= 15 is 0 Å². The third kappa shape index (κ3) is 11.8. The van der Waals surface area contributed by atoms with E-state index in [1.807, 2.05) is 20.8 Å². The molecule has 30 nitrogen and oxygen atoms in total. The number of hydrogen-bond acceptors (Lipinski definition) is 30. The second-order valence-electron chi connectivity index (χ2n) is 20.7. The second-order valence-corrected chi connectivity index (χ2v) is 25.5. The molecule has 0 unspecified atom stereocenters. The van der Waals surface area contributed by atoms with E-state index in [2.05, 4.69) is 0 Å². The first-order valence-corrected chi connectivity index (χ1v) is 26.9. The van der Waals surface area contributed by atoms with Crippen molar-refractivity contribution in [2.75, 3.05) is 39.6 Å². The Kier molecular flexibility index (Phi) is 19.8. The van der Waals surface area contributed by atoms with E-state index in [1.165, 1.54) is 0 Å². The normalized spacial score (nSPS) is 51.7. The van der Waals surface area contributed by atoms with Gasteiger partial charge in [0.2, 0.25) is 0 Å². The molecule has 0 saturated carbocycles. The van der Waals surface area contributed by atoms with Crippen molar-refractivity contribution >= 4 is 8.32 Å². The van der Waals surface area contributed by atoms with Crippen LogP contribution in [0, 0.1) is 0 Å². The summed E-state index contributed by atoms with van der Waals surface area (Å²) in [7, 11) is -3.01. The van der Waals surface area contributed by atoms with Crippen LogP contribution in [-0.4, -0.2) is 319 Å². The fourth-order valence-electron chi connectivity index (χ4n) is 9.56. The van der Waals surface area contributed by atoms with E-state index in [1.54, 1.807) is 13.1 Å². The van der Waals surface area contributed by atoms with E-state index in [0.29, 0.717) is 0 Å². The average Bonchev–Trinajstić information content (AvgIpc) is 3.35. The zero-order valence-electron chi connectivity index (χ0n) is 40.5. The lowest BCUT2D eigenvalue weighted by Crippen LogP contribution is -2.69. The molecule has 31 heteroatoms. The Morgan fingerprint density at radius 2 is 0.493 bits per heavy atom. The summed E-state index contributed by atoms with van der Waals surface area (Å²) in [6, 6.07) is 0. The van der Waals surface area contributed by atoms with Gasteiger partial charge in [-0.3, -0.25) is 0 Å². The lowest BCUT2D eigenvalue weighted by atomic mass is 9.94. The van der Waals surface area contributed by atoms with E-state index in [0.717, 1.165) is 0 Å². The quantitative estimate of drug-likeness (QED) is 0.100. The molecule has 0 aliphatic carbocycles. The summed E-state index contributed by atoms with van der Waals surface area (Å²) in [6.07, 6.45) is -57.0. The summed E-state index contributed by atoms with van der Waals surface area (Å²) in [5.41, 5.74) is 0. The van der Waals surface area contributed by atoms with Crippen molar-refractivity contribution in [3.8, 4) is 0 Å². The zero-order valence-corrected chi connectivity index (χ0v) is 41.5. The van der Waals surface area contributed by atoms with Crippen molar-refractivity contribution < 1.29 is 148 Å². The molecule has 0 amide bonds. The first kappa shape index (κ1) is 59.7. The zero-order chi connectivity index (χ0) is 53.8. The molecule has 17 N–H and O–H groups in total. The smallest absolute Gasteiger partial charge is 0.192 e. The monoisotopic (exact) mass is 1090 g/mol. The fourth-order valence-corrected chi connectivity index (χ4v) is 10.8. The Morgan fingerprint density at radius 3 is 0.699 bits per heavy atom. The van der Waals surface area contributed by atoms with Gasteiger partial charge in [-0.1, -0.05) is 20.8 Å². The molecule has 16 aliphatic heterocycles. The third-order valence-electron chi connectivity index (χ3n) is 14.9. The largest absolute Gasteiger partial charge is 0.406 e. The Labute approximate surface area is 418 Å². The Hall–Kier alpha value is -0.983. The summed E-state index contributed by atoms with van der Waals surface area (Å²) in [4.78, 5) is 0. The van der Waals surface area contributed by atoms with Gasteiger partial charge in [-0.05, 0) is 18.1 Å². The Balaban J connectivity index is 1.24. The number of hydrogen-bond donors (Lipinski definition) is 17. The SMILES string of the molecule is CC(C)(C)[Si](C)(C)O[C@H]1[C@H]2O[C@H]3[C@H](O)[C@@H](O)[C@@H](O[C@H]4[C@H](O)[C@@H](O)[C@@H](O[C@H]5[C@H](O)[C@@H](O)[C@@H](O[C@H]6[C@H](O)[C@@H](O)[C@@H](O[C@H]7[C@H](O)[C@@H](O)[C@@H](O[C@@H]([C@@H]1O)[C@@H](CO)O2)O[C@@H]7CO)O[C@@H]6CO)O[C@@H]5CO)O[C@@H]4CO)O[C@@H]3CO. The van der Waals surface area contributed by atoms with Crippen LogP contribution in [0.5, 0.6) is 0 Å². The Morgan fingerprint density at radius 1 is 0.301 bits per heavy atom. The first-order valence-electron chi connectivity index (χ1n) is 24.0. The van der Waals surface area contributed by atoms with Gasteiger partial charge in [0.1, 0.15) is 146 Å². The van der Waals surface area contributed by atoms with E-state index in [-0.39, 0.29) is 0 Å². The van der Waals surface area contributed by atoms with E-state index in [4.69, 9.17) is 61.3 Å². The van der Waals surface area contributed by atoms with Crippen LogP contribution in [0.15, 0.2) is 0 Å². The molecule has 73 heavy (non-hydrogen) atoms. The minimum Gasteiger partial charge on any atom is -0.406 e. The summed E-state index contributed by atoms with van der Waals surface area (Å²) in [6.45, 7) is 3.33. The van der Waals surface area contributed by atoms with Gasteiger partial charge in [0.05, 0.1) is 39.6 Å². The summed E-state index contributed by atoms with van der Waals surface area (Å²) in [5.74, 6) is 0. The van der Waals surface area contributed by atoms with E-state index in [9.17, 15) is 86.8 Å². The number of aliphatic hydroxyl groups is 17. The maximum atomic E-state index is 12.2. The van der Waals surface area contributed by atoms with Gasteiger partial charge in [-0.15, -0.1) is 0 Å². The highest BCUT2D eigenvalue weighted by Gasteiger charge is 2.60. The van der Waals surface area contributed by atoms with Gasteiger partial charge in [0.15, 0.2) is 46.1 Å². The lowest BCUT2D eigenvalue weighted by Gasteiger charge is -2.52. The van der Waals surface area contributed by atoms with Crippen molar-refractivity contribution in [2.24, 2.45) is 0 Å². The summed E-state index contributed by atoms with van der Waals surface area (Å²) in [5, 5.41) is 188. The van der Waals surface area contributed by atoms with Gasteiger partial charge in [0.25, 0.3) is 0 Å². The van der Waals surface area contributed by atoms with Crippen LogP contribution in [0.25, 0.3) is 0 Å². The minimum atomic E-state index is -3.01. The van der Waals surface area contributed by atoms with Gasteiger partial charge >= 0.3 is 0 Å². The topological polar surface area (TPSA) is 464 Å². The van der Waals surface area contributed by atoms with Gasteiger partial charge in [-0.25, -0.2) is 0 Å². The van der Waals surface area contributed by atoms with Crippen LogP contribution >= 0.6 is 0 Å². The molecule has 12 bridgehead atoms. The maximum Gasteiger partial charge on any atom is 0.192 e. The predicted molar refractivity (Wildman–Crippen MR) is 232 cm³/mol. The van der Waals surface area contributed by atoms with Crippen molar-refractivity contribution in [1.29, 1.82) is 0 Å². The molecule has 0 aromatic heterocycles. The fraction of sp³-hybridized carbons (Fsp3) is 1.00. The second kappa shape index (κ2) is 24.2. The summed E-state index contributed by atoms with van der Waals surface area (Å²) >= 11 is 0. The predicted octanol–water partition coefficient (Wildman–Crippen LogP) is -10.0. The van der Waals surface area contributed by atoms with Crippen LogP contribution in [0.3, 0.4) is 0 Å². The van der Waals surface area contributed by atoms with Crippen molar-refractivity contribution in [2.45, 2.75) is 223 Å². The van der Waals surface area contributed by atoms with E-state index < -0.39 is 237 Å². The minimum absolute atomic E-state index is 0.565. The third-order valence-corrected chi connectivity index (χ3v) is 19.4. The molecule has 16 fully saturated rings. The highest BCUT2D eigenvalue weighted by Crippen LogP contribution is 2.42. The average molecular weight is 1090 g/mol. The molecule has 0 aromatic rings. The molecule has 0 spiro atoms. The Bertz CT molecular complexity index is 1730. The standard InChI is InChI=1S/C42H74O30Si/c1-42(2,3)73(4,5)72-35-28(59)34-17(11-48)65-41(35)71-33-16(10-47)64-39(27(58)22(33)53)69-31-14(8-45)62-37(25(56)20(31)51)67-29-12(6-43)60-36(23(54)18(29)49)66-30-13(7-44)61-38(24(55)19(30)50)68-32-15(9-46)63-40(70-34)26(57)21(32)52/h12-41,43-59H,6-11H2,1-5H3/t12-,13-,14-,15-,16-,17-,18-,19-,20-,21-,22-,23-,24-,25-,26-,27-,28+,29-,30-,31-,32-,33-,34-,35-,36-,37-,38-,39-,40-,41-/m1/s1. The maximum absolute atomic E-state index is 12.2. The van der Waals surface area contributed by atoms with Crippen LogP contribution in [0.4, 0.5) is 0 Å². The van der Waals surface area contributed by atoms with Gasteiger partial charge in [-0.2, -0.15) is 0 Å². The number of ether oxygens (including phenoxy) is 12. The van der Waals surface area contributed by atoms with Crippen molar-refractivity contribution in [1.82, 2.24) is 0 Å². The van der Waals surface area contributed by atoms with Crippen LogP contribution in [0.2, 0.25) is 18.1 Å². The molecule has 30 atom stereocenters. The molecule has 0 radical (unpaired) electrons. The number of rotatable bonds is 8. The van der Waals surface area contributed by atoms with Crippen LogP contribution < -0.4 is 0 Å². The molecule has 16 rings (SSSR count). The van der Waals surface area contributed by atoms with Crippen molar-refractivity contribution in [3.05, 3.63) is 0 Å². The molecule has 16 heterocycles. The number of aliphatic hydroxyl groups excluding tert-OH is 17. The summed E-state index contributed by atoms with van der Waals surface area (Å²) < 4.78 is 76.8. The van der Waals surface area contributed by atoms with Gasteiger partial charge in [0, 0.05) is 0 Å². The van der Waals surface area contributed by atoms with Crippen molar-refractivity contribution in [3.63, 3.8) is 0 Å².